The molecule has 0 fully saturated rings. The zero-order valence-corrected chi connectivity index (χ0v) is 15.2. The van der Waals surface area contributed by atoms with Gasteiger partial charge < -0.3 is 10.1 Å². The monoisotopic (exact) mass is 349 g/mol. The van der Waals surface area contributed by atoms with Gasteiger partial charge in [-0.25, -0.2) is 4.79 Å². The van der Waals surface area contributed by atoms with Gasteiger partial charge in [-0.15, -0.1) is 0 Å². The summed E-state index contributed by atoms with van der Waals surface area (Å²) in [5.74, 6) is -0.246. The van der Waals surface area contributed by atoms with Crippen molar-refractivity contribution in [2.45, 2.75) is 19.0 Å². The van der Waals surface area contributed by atoms with E-state index in [1.165, 1.54) is 0 Å². The van der Waals surface area contributed by atoms with Crippen molar-refractivity contribution in [1.29, 1.82) is 5.26 Å². The summed E-state index contributed by atoms with van der Waals surface area (Å²) in [6.07, 6.45) is 0.675. The minimum Gasteiger partial charge on any atom is -0.461 e. The lowest BCUT2D eigenvalue weighted by Gasteiger charge is -2.22. The highest BCUT2D eigenvalue weighted by molar-refractivity contribution is 5.92. The van der Waals surface area contributed by atoms with Crippen LogP contribution in [0.1, 0.15) is 21.5 Å². The average Bonchev–Trinajstić information content (AvgIpc) is 2.65. The van der Waals surface area contributed by atoms with Crippen LogP contribution in [0, 0.1) is 11.3 Å². The number of nitrogens with zero attached hydrogens (tertiary/aromatic N) is 2. The fourth-order valence-corrected chi connectivity index (χ4v) is 3.13. The van der Waals surface area contributed by atoms with E-state index in [1.807, 2.05) is 31.3 Å². The van der Waals surface area contributed by atoms with E-state index >= 15 is 0 Å². The van der Waals surface area contributed by atoms with Gasteiger partial charge in [-0.1, -0.05) is 30.3 Å². The van der Waals surface area contributed by atoms with E-state index < -0.39 is 0 Å². The SMILES string of the molecule is CN[C@H](C#N)Cc1ccc(-c2ccc3c(c2)CN(C)CCOC3=O)cc1. The minimum atomic E-state index is -0.246. The van der Waals surface area contributed by atoms with Crippen LogP contribution in [0.4, 0.5) is 0 Å². The summed E-state index contributed by atoms with van der Waals surface area (Å²) < 4.78 is 5.29. The first-order valence-corrected chi connectivity index (χ1v) is 8.75. The first-order chi connectivity index (χ1) is 12.6. The van der Waals surface area contributed by atoms with Gasteiger partial charge in [0.25, 0.3) is 0 Å². The highest BCUT2D eigenvalue weighted by atomic mass is 16.5. The number of ether oxygens (including phenoxy) is 1. The van der Waals surface area contributed by atoms with Crippen molar-refractivity contribution in [3.8, 4) is 17.2 Å². The second kappa shape index (κ2) is 8.13. The number of esters is 1. The van der Waals surface area contributed by atoms with Gasteiger partial charge in [-0.3, -0.25) is 4.90 Å². The highest BCUT2D eigenvalue weighted by Gasteiger charge is 2.18. The molecule has 0 aromatic heterocycles. The van der Waals surface area contributed by atoms with Crippen LogP contribution in [-0.2, 0) is 17.7 Å². The number of cyclic esters (lactones) is 1. The minimum absolute atomic E-state index is 0.182. The molecule has 0 saturated heterocycles. The highest BCUT2D eigenvalue weighted by Crippen LogP contribution is 2.25. The molecule has 26 heavy (non-hydrogen) atoms. The Morgan fingerprint density at radius 2 is 1.96 bits per heavy atom. The summed E-state index contributed by atoms with van der Waals surface area (Å²) in [5, 5.41) is 12.1. The van der Waals surface area contributed by atoms with Crippen molar-refractivity contribution in [1.82, 2.24) is 10.2 Å². The molecule has 0 unspecified atom stereocenters. The van der Waals surface area contributed by atoms with Crippen LogP contribution in [0.15, 0.2) is 42.5 Å². The molecule has 0 radical (unpaired) electrons. The van der Waals surface area contributed by atoms with Gasteiger partial charge in [0.1, 0.15) is 6.61 Å². The molecule has 134 valence electrons. The Kier molecular flexibility index (Phi) is 5.67. The van der Waals surface area contributed by atoms with Gasteiger partial charge in [0, 0.05) is 19.5 Å². The van der Waals surface area contributed by atoms with Crippen molar-refractivity contribution in [2.75, 3.05) is 27.2 Å². The molecular formula is C21H23N3O2. The summed E-state index contributed by atoms with van der Waals surface area (Å²) in [7, 11) is 3.82. The van der Waals surface area contributed by atoms with E-state index in [0.717, 1.165) is 35.3 Å². The molecule has 0 saturated carbocycles. The van der Waals surface area contributed by atoms with Crippen LogP contribution in [0.5, 0.6) is 0 Å². The van der Waals surface area contributed by atoms with Crippen LogP contribution in [0.3, 0.4) is 0 Å². The van der Waals surface area contributed by atoms with Gasteiger partial charge in [0.2, 0.25) is 0 Å². The molecule has 5 nitrogen and oxygen atoms in total. The van der Waals surface area contributed by atoms with Crippen LogP contribution in [0.25, 0.3) is 11.1 Å². The number of nitriles is 1. The largest absolute Gasteiger partial charge is 0.461 e. The lowest BCUT2D eigenvalue weighted by molar-refractivity contribution is 0.0449. The summed E-state index contributed by atoms with van der Waals surface area (Å²) >= 11 is 0. The molecule has 0 spiro atoms. The van der Waals surface area contributed by atoms with Crippen molar-refractivity contribution in [3.05, 3.63) is 59.2 Å². The van der Waals surface area contributed by atoms with Gasteiger partial charge in [-0.2, -0.15) is 5.26 Å². The summed E-state index contributed by atoms with van der Waals surface area (Å²) in [6.45, 7) is 1.88. The Balaban J connectivity index is 1.86. The number of fused-ring (bicyclic) bond motifs is 1. The number of rotatable bonds is 4. The molecule has 2 aromatic carbocycles. The number of hydrogen-bond acceptors (Lipinski definition) is 5. The maximum Gasteiger partial charge on any atom is 0.338 e. The van der Waals surface area contributed by atoms with E-state index in [9.17, 15) is 4.79 Å². The fraction of sp³-hybridized carbons (Fsp3) is 0.333. The van der Waals surface area contributed by atoms with Crippen molar-refractivity contribution in [3.63, 3.8) is 0 Å². The summed E-state index contributed by atoms with van der Waals surface area (Å²) in [6, 6.07) is 16.2. The Morgan fingerprint density at radius 1 is 1.23 bits per heavy atom. The average molecular weight is 349 g/mol. The second-order valence-corrected chi connectivity index (χ2v) is 6.62. The summed E-state index contributed by atoms with van der Waals surface area (Å²) in [4.78, 5) is 14.3. The molecular weight excluding hydrogens is 326 g/mol. The zero-order valence-electron chi connectivity index (χ0n) is 15.2. The maximum absolute atomic E-state index is 12.1. The third kappa shape index (κ3) is 4.10. The Labute approximate surface area is 154 Å². The predicted molar refractivity (Wildman–Crippen MR) is 101 cm³/mol. The molecule has 0 bridgehead atoms. The molecule has 1 aliphatic rings. The standard InChI is InChI=1S/C21H23N3O2/c1-23-19(13-22)11-15-3-5-16(6-4-15)17-7-8-20-18(12-17)14-24(2)9-10-26-21(20)25/h3-8,12,19,23H,9-11,14H2,1-2H3/t19-/m0/s1. The number of carbonyl (C=O) groups excluding carboxylic acids is 1. The van der Waals surface area contributed by atoms with Crippen molar-refractivity contribution in [2.24, 2.45) is 0 Å². The smallest absolute Gasteiger partial charge is 0.338 e. The first kappa shape index (κ1) is 18.1. The van der Waals surface area contributed by atoms with Gasteiger partial charge >= 0.3 is 5.97 Å². The zero-order chi connectivity index (χ0) is 18.5. The third-order valence-electron chi connectivity index (χ3n) is 4.70. The van der Waals surface area contributed by atoms with E-state index in [0.29, 0.717) is 18.6 Å². The summed E-state index contributed by atoms with van der Waals surface area (Å²) in [5.41, 5.74) is 4.90. The van der Waals surface area contributed by atoms with E-state index in [-0.39, 0.29) is 12.0 Å². The number of nitrogens with one attached hydrogen (secondary N) is 1. The number of likely N-dealkylation sites (N-methyl/N-ethyl adjacent to an activating group) is 2. The van der Waals surface area contributed by atoms with Crippen molar-refractivity contribution < 1.29 is 9.53 Å². The van der Waals surface area contributed by atoms with Crippen LogP contribution < -0.4 is 5.32 Å². The lowest BCUT2D eigenvalue weighted by Crippen LogP contribution is -2.28. The Bertz CT molecular complexity index is 824. The van der Waals surface area contributed by atoms with Crippen LogP contribution in [0.2, 0.25) is 0 Å². The quantitative estimate of drug-likeness (QED) is 0.860. The van der Waals surface area contributed by atoms with E-state index in [4.69, 9.17) is 10.00 Å². The number of benzene rings is 2. The van der Waals surface area contributed by atoms with Crippen LogP contribution in [-0.4, -0.2) is 44.2 Å². The molecule has 2 aromatic rings. The topological polar surface area (TPSA) is 65.4 Å². The Hall–Kier alpha value is -2.68. The molecule has 1 aliphatic heterocycles. The van der Waals surface area contributed by atoms with E-state index in [1.54, 1.807) is 7.05 Å². The fourth-order valence-electron chi connectivity index (χ4n) is 3.13. The molecule has 3 rings (SSSR count). The molecule has 1 N–H and O–H groups in total. The van der Waals surface area contributed by atoms with Gasteiger partial charge in [0.15, 0.2) is 0 Å². The molecule has 1 heterocycles. The maximum atomic E-state index is 12.1. The number of carbonyl (C=O) groups is 1. The molecule has 5 heteroatoms. The van der Waals surface area contributed by atoms with Gasteiger partial charge in [-0.05, 0) is 48.5 Å². The molecule has 1 atom stereocenters. The third-order valence-corrected chi connectivity index (χ3v) is 4.70. The van der Waals surface area contributed by atoms with Gasteiger partial charge in [0.05, 0.1) is 17.7 Å². The first-order valence-electron chi connectivity index (χ1n) is 8.75. The predicted octanol–water partition coefficient (Wildman–Crippen LogP) is 2.61. The number of hydrogen-bond donors (Lipinski definition) is 1. The Morgan fingerprint density at radius 3 is 2.65 bits per heavy atom. The second-order valence-electron chi connectivity index (χ2n) is 6.62. The lowest BCUT2D eigenvalue weighted by atomic mass is 9.97. The van der Waals surface area contributed by atoms with Crippen LogP contribution >= 0.6 is 0 Å². The normalized spacial score (nSPS) is 16.0. The van der Waals surface area contributed by atoms with E-state index in [2.05, 4.69) is 34.5 Å². The molecule has 0 amide bonds. The molecule has 0 aliphatic carbocycles. The van der Waals surface area contributed by atoms with Crippen molar-refractivity contribution >= 4 is 5.97 Å².